The van der Waals surface area contributed by atoms with E-state index in [0.29, 0.717) is 18.2 Å². The summed E-state index contributed by atoms with van der Waals surface area (Å²) in [5, 5.41) is 3.52. The zero-order valence-electron chi connectivity index (χ0n) is 11.5. The molecule has 0 amide bonds. The number of alkyl halides is 1. The van der Waals surface area contributed by atoms with E-state index in [1.54, 1.807) is 6.92 Å². The van der Waals surface area contributed by atoms with Crippen LogP contribution in [0.2, 0.25) is 0 Å². The van der Waals surface area contributed by atoms with Crippen molar-refractivity contribution < 1.29 is 8.42 Å². The number of halogens is 1. The van der Waals surface area contributed by atoms with E-state index in [0.717, 1.165) is 19.4 Å². The SMILES string of the molecule is CCS(=O)(=O)CCCNC1(CCl)CCCC(C)C1. The van der Waals surface area contributed by atoms with Crippen molar-refractivity contribution in [3.63, 3.8) is 0 Å². The van der Waals surface area contributed by atoms with E-state index in [1.165, 1.54) is 12.8 Å². The summed E-state index contributed by atoms with van der Waals surface area (Å²) in [5.74, 6) is 1.86. The van der Waals surface area contributed by atoms with Gasteiger partial charge in [0.25, 0.3) is 0 Å². The molecule has 1 N–H and O–H groups in total. The van der Waals surface area contributed by atoms with Crippen LogP contribution >= 0.6 is 11.6 Å². The molecule has 3 nitrogen and oxygen atoms in total. The fourth-order valence-corrected chi connectivity index (χ4v) is 3.99. The molecular weight excluding hydrogens is 270 g/mol. The fraction of sp³-hybridized carbons (Fsp3) is 1.00. The minimum Gasteiger partial charge on any atom is -0.310 e. The molecule has 0 aromatic carbocycles. The lowest BCUT2D eigenvalue weighted by Crippen LogP contribution is -2.50. The van der Waals surface area contributed by atoms with Crippen LogP contribution in [0.3, 0.4) is 0 Å². The van der Waals surface area contributed by atoms with E-state index in [1.807, 2.05) is 0 Å². The molecule has 0 aromatic rings. The molecule has 0 aromatic heterocycles. The summed E-state index contributed by atoms with van der Waals surface area (Å²) in [4.78, 5) is 0. The van der Waals surface area contributed by atoms with E-state index in [-0.39, 0.29) is 17.0 Å². The Bertz CT molecular complexity index is 345. The van der Waals surface area contributed by atoms with Crippen LogP contribution in [-0.2, 0) is 9.84 Å². The van der Waals surface area contributed by atoms with Crippen molar-refractivity contribution in [2.75, 3.05) is 23.9 Å². The summed E-state index contributed by atoms with van der Waals surface area (Å²) < 4.78 is 22.8. The van der Waals surface area contributed by atoms with Gasteiger partial charge < -0.3 is 5.32 Å². The molecule has 0 heterocycles. The fourth-order valence-electron chi connectivity index (χ4n) is 2.78. The first kappa shape index (κ1) is 16.3. The first-order chi connectivity index (χ1) is 8.43. The predicted molar refractivity (Wildman–Crippen MR) is 78.0 cm³/mol. The quantitative estimate of drug-likeness (QED) is 0.580. The van der Waals surface area contributed by atoms with Crippen molar-refractivity contribution in [3.8, 4) is 0 Å². The van der Waals surface area contributed by atoms with Gasteiger partial charge in [0.2, 0.25) is 0 Å². The molecule has 0 radical (unpaired) electrons. The van der Waals surface area contributed by atoms with Gasteiger partial charge in [0, 0.05) is 17.2 Å². The highest BCUT2D eigenvalue weighted by molar-refractivity contribution is 7.91. The standard InChI is InChI=1S/C13H26ClNO2S/c1-3-18(16,17)9-5-8-15-13(11-14)7-4-6-12(2)10-13/h12,15H,3-11H2,1-2H3. The van der Waals surface area contributed by atoms with Gasteiger partial charge in [-0.3, -0.25) is 0 Å². The monoisotopic (exact) mass is 295 g/mol. The maximum Gasteiger partial charge on any atom is 0.150 e. The summed E-state index contributed by atoms with van der Waals surface area (Å²) >= 11 is 6.12. The first-order valence-corrected chi connectivity index (χ1v) is 9.30. The van der Waals surface area contributed by atoms with E-state index < -0.39 is 9.84 Å². The number of rotatable bonds is 7. The van der Waals surface area contributed by atoms with Crippen LogP contribution in [0.4, 0.5) is 0 Å². The van der Waals surface area contributed by atoms with Crippen molar-refractivity contribution in [3.05, 3.63) is 0 Å². The molecule has 0 bridgehead atoms. The van der Waals surface area contributed by atoms with E-state index in [2.05, 4.69) is 12.2 Å². The van der Waals surface area contributed by atoms with Crippen molar-refractivity contribution in [1.82, 2.24) is 5.32 Å². The molecule has 1 aliphatic rings. The molecule has 2 unspecified atom stereocenters. The Morgan fingerprint density at radius 2 is 2.17 bits per heavy atom. The van der Waals surface area contributed by atoms with Gasteiger partial charge in [-0.2, -0.15) is 0 Å². The molecular formula is C13H26ClNO2S. The van der Waals surface area contributed by atoms with Crippen LogP contribution in [0.1, 0.15) is 46.0 Å². The van der Waals surface area contributed by atoms with Crippen LogP contribution in [0.25, 0.3) is 0 Å². The third-order valence-electron chi connectivity index (χ3n) is 3.92. The molecule has 1 fully saturated rings. The molecule has 5 heteroatoms. The van der Waals surface area contributed by atoms with Gasteiger partial charge in [-0.15, -0.1) is 11.6 Å². The van der Waals surface area contributed by atoms with Gasteiger partial charge >= 0.3 is 0 Å². The minimum absolute atomic E-state index is 0.0369. The summed E-state index contributed by atoms with van der Waals surface area (Å²) in [6.45, 7) is 4.72. The van der Waals surface area contributed by atoms with Gasteiger partial charge in [-0.1, -0.05) is 26.7 Å². The highest BCUT2D eigenvalue weighted by Crippen LogP contribution is 2.33. The predicted octanol–water partition coefficient (Wildman–Crippen LogP) is 2.59. The molecule has 0 aliphatic heterocycles. The van der Waals surface area contributed by atoms with E-state index in [9.17, 15) is 8.42 Å². The number of sulfone groups is 1. The topological polar surface area (TPSA) is 46.2 Å². The largest absolute Gasteiger partial charge is 0.310 e. The molecule has 0 spiro atoms. The lowest BCUT2D eigenvalue weighted by atomic mass is 9.77. The molecule has 2 atom stereocenters. The van der Waals surface area contributed by atoms with Crippen LogP contribution in [0, 0.1) is 5.92 Å². The highest BCUT2D eigenvalue weighted by Gasteiger charge is 2.33. The van der Waals surface area contributed by atoms with Crippen molar-refractivity contribution in [2.45, 2.75) is 51.5 Å². The zero-order chi connectivity index (χ0) is 13.6. The maximum absolute atomic E-state index is 11.4. The Kier molecular flexibility index (Phi) is 6.42. The Morgan fingerprint density at radius 3 is 2.72 bits per heavy atom. The summed E-state index contributed by atoms with van der Waals surface area (Å²) in [5.41, 5.74) is 0.0369. The third-order valence-corrected chi connectivity index (χ3v) is 6.22. The molecule has 18 heavy (non-hydrogen) atoms. The normalized spacial score (nSPS) is 29.4. The van der Waals surface area contributed by atoms with Crippen LogP contribution < -0.4 is 5.32 Å². The zero-order valence-corrected chi connectivity index (χ0v) is 13.1. The van der Waals surface area contributed by atoms with Gasteiger partial charge in [0.15, 0.2) is 0 Å². The summed E-state index contributed by atoms with van der Waals surface area (Å²) in [6, 6.07) is 0. The van der Waals surface area contributed by atoms with Crippen LogP contribution in [0.15, 0.2) is 0 Å². The Labute approximate surface area is 117 Å². The average molecular weight is 296 g/mol. The smallest absolute Gasteiger partial charge is 0.150 e. The molecule has 1 saturated carbocycles. The second-order valence-electron chi connectivity index (χ2n) is 5.63. The minimum atomic E-state index is -2.83. The first-order valence-electron chi connectivity index (χ1n) is 6.94. The van der Waals surface area contributed by atoms with Gasteiger partial charge in [-0.05, 0) is 31.7 Å². The number of hydrogen-bond acceptors (Lipinski definition) is 3. The Morgan fingerprint density at radius 1 is 1.44 bits per heavy atom. The van der Waals surface area contributed by atoms with Crippen molar-refractivity contribution in [2.24, 2.45) is 5.92 Å². The Hall–Kier alpha value is 0.200. The van der Waals surface area contributed by atoms with Crippen LogP contribution in [0.5, 0.6) is 0 Å². The van der Waals surface area contributed by atoms with Gasteiger partial charge in [-0.25, -0.2) is 8.42 Å². The van der Waals surface area contributed by atoms with E-state index >= 15 is 0 Å². The summed E-state index contributed by atoms with van der Waals surface area (Å²) in [7, 11) is -2.83. The van der Waals surface area contributed by atoms with Crippen molar-refractivity contribution in [1.29, 1.82) is 0 Å². The molecule has 0 saturated heterocycles. The Balaban J connectivity index is 2.36. The van der Waals surface area contributed by atoms with Crippen LogP contribution in [-0.4, -0.2) is 37.9 Å². The third kappa shape index (κ3) is 5.06. The molecule has 108 valence electrons. The van der Waals surface area contributed by atoms with Gasteiger partial charge in [0.1, 0.15) is 9.84 Å². The number of nitrogens with one attached hydrogen (secondary N) is 1. The van der Waals surface area contributed by atoms with E-state index in [4.69, 9.17) is 11.6 Å². The van der Waals surface area contributed by atoms with Gasteiger partial charge in [0.05, 0.1) is 5.75 Å². The molecule has 1 aliphatic carbocycles. The second-order valence-corrected chi connectivity index (χ2v) is 8.37. The second kappa shape index (κ2) is 7.11. The summed E-state index contributed by atoms with van der Waals surface area (Å²) in [6.07, 6.45) is 5.40. The number of hydrogen-bond donors (Lipinski definition) is 1. The lowest BCUT2D eigenvalue weighted by Gasteiger charge is -2.39. The highest BCUT2D eigenvalue weighted by atomic mass is 35.5. The average Bonchev–Trinajstić information content (AvgIpc) is 2.35. The maximum atomic E-state index is 11.4. The lowest BCUT2D eigenvalue weighted by molar-refractivity contribution is 0.210. The van der Waals surface area contributed by atoms with Crippen molar-refractivity contribution >= 4 is 21.4 Å². The molecule has 1 rings (SSSR count).